The third kappa shape index (κ3) is 6.37. The predicted molar refractivity (Wildman–Crippen MR) is 44.2 cm³/mol. The fraction of sp³-hybridized carbons (Fsp3) is 0.750. The van der Waals surface area contributed by atoms with Gasteiger partial charge in [-0.05, 0) is 27.7 Å². The Kier molecular flexibility index (Phi) is 5.71. The molecule has 0 aliphatic carbocycles. The fourth-order valence-electron chi connectivity index (χ4n) is 0.295. The molecule has 4 nitrogen and oxygen atoms in total. The SMILES string of the molecule is CC(C)(C#N)N=NC(C)(C)C#N.[Ru]. The van der Waals surface area contributed by atoms with E-state index in [1.54, 1.807) is 27.7 Å². The summed E-state index contributed by atoms with van der Waals surface area (Å²) in [5, 5.41) is 24.7. The van der Waals surface area contributed by atoms with Gasteiger partial charge in [-0.1, -0.05) is 0 Å². The Bertz CT molecular complexity index is 239. The van der Waals surface area contributed by atoms with Gasteiger partial charge in [-0.15, -0.1) is 0 Å². The van der Waals surface area contributed by atoms with E-state index in [1.165, 1.54) is 0 Å². The van der Waals surface area contributed by atoms with Crippen molar-refractivity contribution in [3.05, 3.63) is 0 Å². The van der Waals surface area contributed by atoms with Gasteiger partial charge in [-0.2, -0.15) is 20.8 Å². The van der Waals surface area contributed by atoms with E-state index >= 15 is 0 Å². The van der Waals surface area contributed by atoms with Crippen molar-refractivity contribution < 1.29 is 19.5 Å². The van der Waals surface area contributed by atoms with E-state index in [0.717, 1.165) is 0 Å². The van der Waals surface area contributed by atoms with Gasteiger partial charge >= 0.3 is 0 Å². The molecule has 0 radical (unpaired) electrons. The molecule has 0 rings (SSSR count). The monoisotopic (exact) mass is 266 g/mol. The van der Waals surface area contributed by atoms with Gasteiger partial charge in [-0.3, -0.25) is 0 Å². The molecule has 0 atom stereocenters. The zero-order chi connectivity index (χ0) is 9.83. The van der Waals surface area contributed by atoms with Crippen molar-refractivity contribution in [3.63, 3.8) is 0 Å². The molecule has 0 N–H and O–H groups in total. The van der Waals surface area contributed by atoms with E-state index in [2.05, 4.69) is 10.2 Å². The molecule has 5 heteroatoms. The molecule has 0 amide bonds. The molecule has 0 aromatic heterocycles. The first kappa shape index (κ1) is 14.7. The van der Waals surface area contributed by atoms with Crippen LogP contribution in [0.5, 0.6) is 0 Å². The second-order valence-electron chi connectivity index (χ2n) is 3.54. The molecule has 0 spiro atoms. The minimum atomic E-state index is -0.839. The Balaban J connectivity index is 0. The molecule has 0 aliphatic rings. The molecule has 0 aromatic rings. The van der Waals surface area contributed by atoms with Crippen molar-refractivity contribution in [1.82, 2.24) is 0 Å². The summed E-state index contributed by atoms with van der Waals surface area (Å²) in [7, 11) is 0. The normalized spacial score (nSPS) is 11.5. The van der Waals surface area contributed by atoms with Crippen LogP contribution in [-0.2, 0) is 19.5 Å². The van der Waals surface area contributed by atoms with Gasteiger partial charge in [0.15, 0.2) is 11.1 Å². The molecule has 0 heterocycles. The number of rotatable bonds is 2. The molecule has 0 saturated carbocycles. The Morgan fingerprint density at radius 3 is 1.23 bits per heavy atom. The molecule has 13 heavy (non-hydrogen) atoms. The van der Waals surface area contributed by atoms with Crippen LogP contribution in [0.2, 0.25) is 0 Å². The van der Waals surface area contributed by atoms with Crippen molar-refractivity contribution >= 4 is 0 Å². The standard InChI is InChI=1S/C8H12N4.Ru/c1-7(2,5-9)11-12-8(3,4)6-10;/h1-4H3;. The number of nitrogens with zero attached hydrogens (tertiary/aromatic N) is 4. The van der Waals surface area contributed by atoms with Gasteiger partial charge < -0.3 is 0 Å². The van der Waals surface area contributed by atoms with E-state index in [-0.39, 0.29) is 19.5 Å². The first-order chi connectivity index (χ1) is 5.33. The van der Waals surface area contributed by atoms with Crippen LogP contribution < -0.4 is 0 Å². The van der Waals surface area contributed by atoms with Crippen molar-refractivity contribution in [1.29, 1.82) is 10.5 Å². The number of azo groups is 1. The van der Waals surface area contributed by atoms with Crippen LogP contribution >= 0.6 is 0 Å². The van der Waals surface area contributed by atoms with E-state index in [1.807, 2.05) is 12.1 Å². The van der Waals surface area contributed by atoms with E-state index in [4.69, 9.17) is 10.5 Å². The third-order valence-electron chi connectivity index (χ3n) is 1.10. The third-order valence-corrected chi connectivity index (χ3v) is 1.10. The molecular formula is C8H12N4Ru. The average Bonchev–Trinajstić information content (AvgIpc) is 2.02. The maximum Gasteiger partial charge on any atom is 0.162 e. The van der Waals surface area contributed by atoms with Crippen molar-refractivity contribution in [2.75, 3.05) is 0 Å². The van der Waals surface area contributed by atoms with E-state index in [9.17, 15) is 0 Å². The first-order valence-corrected chi connectivity index (χ1v) is 3.59. The topological polar surface area (TPSA) is 72.3 Å². The second-order valence-corrected chi connectivity index (χ2v) is 3.54. The summed E-state index contributed by atoms with van der Waals surface area (Å²) in [6.07, 6.45) is 0. The quantitative estimate of drug-likeness (QED) is 0.566. The Morgan fingerprint density at radius 1 is 0.846 bits per heavy atom. The average molecular weight is 265 g/mol. The summed E-state index contributed by atoms with van der Waals surface area (Å²) >= 11 is 0. The summed E-state index contributed by atoms with van der Waals surface area (Å²) in [5.74, 6) is 0. The molecular weight excluding hydrogens is 253 g/mol. The van der Waals surface area contributed by atoms with E-state index in [0.29, 0.717) is 0 Å². The Labute approximate surface area is 91.4 Å². The van der Waals surface area contributed by atoms with Gasteiger partial charge in [0.1, 0.15) is 0 Å². The van der Waals surface area contributed by atoms with Crippen LogP contribution in [0.15, 0.2) is 10.2 Å². The number of hydrogen-bond donors (Lipinski definition) is 0. The maximum atomic E-state index is 8.58. The predicted octanol–water partition coefficient (Wildman–Crippen LogP) is 2.04. The number of nitriles is 2. The summed E-state index contributed by atoms with van der Waals surface area (Å²) in [4.78, 5) is 0. The summed E-state index contributed by atoms with van der Waals surface area (Å²) in [5.41, 5.74) is -1.68. The molecule has 0 aliphatic heterocycles. The number of hydrogen-bond acceptors (Lipinski definition) is 4. The maximum absolute atomic E-state index is 8.58. The largest absolute Gasteiger partial charge is 0.196 e. The van der Waals surface area contributed by atoms with Gasteiger partial charge in [0.05, 0.1) is 12.1 Å². The Morgan fingerprint density at radius 2 is 1.08 bits per heavy atom. The van der Waals surface area contributed by atoms with Gasteiger partial charge in [0.2, 0.25) is 0 Å². The minimum absolute atomic E-state index is 0. The molecule has 72 valence electrons. The molecule has 0 fully saturated rings. The molecule has 0 saturated heterocycles. The zero-order valence-corrected chi connectivity index (χ0v) is 9.88. The summed E-state index contributed by atoms with van der Waals surface area (Å²) in [6, 6.07) is 3.94. The summed E-state index contributed by atoms with van der Waals surface area (Å²) in [6.45, 7) is 6.57. The van der Waals surface area contributed by atoms with Crippen LogP contribution in [0.25, 0.3) is 0 Å². The van der Waals surface area contributed by atoms with Crippen molar-refractivity contribution in [2.24, 2.45) is 10.2 Å². The second kappa shape index (κ2) is 5.05. The molecule has 0 aromatic carbocycles. The van der Waals surface area contributed by atoms with Gasteiger partial charge in [0.25, 0.3) is 0 Å². The minimum Gasteiger partial charge on any atom is -0.196 e. The fourth-order valence-corrected chi connectivity index (χ4v) is 0.295. The van der Waals surface area contributed by atoms with Crippen LogP contribution in [-0.4, -0.2) is 11.1 Å². The van der Waals surface area contributed by atoms with Crippen molar-refractivity contribution in [2.45, 2.75) is 38.8 Å². The van der Waals surface area contributed by atoms with Gasteiger partial charge in [-0.25, -0.2) is 0 Å². The molecule has 0 unspecified atom stereocenters. The van der Waals surface area contributed by atoms with Gasteiger partial charge in [0, 0.05) is 19.5 Å². The van der Waals surface area contributed by atoms with Crippen LogP contribution in [0, 0.1) is 22.7 Å². The van der Waals surface area contributed by atoms with E-state index < -0.39 is 11.1 Å². The summed E-state index contributed by atoms with van der Waals surface area (Å²) < 4.78 is 0. The molecule has 0 bridgehead atoms. The Hall–Kier alpha value is -0.797. The van der Waals surface area contributed by atoms with Crippen LogP contribution in [0.1, 0.15) is 27.7 Å². The van der Waals surface area contributed by atoms with Crippen LogP contribution in [0.4, 0.5) is 0 Å². The first-order valence-electron chi connectivity index (χ1n) is 3.59. The smallest absolute Gasteiger partial charge is 0.162 e. The van der Waals surface area contributed by atoms with Crippen molar-refractivity contribution in [3.8, 4) is 12.1 Å². The van der Waals surface area contributed by atoms with Crippen LogP contribution in [0.3, 0.4) is 0 Å². The zero-order valence-electron chi connectivity index (χ0n) is 8.14.